The highest BCUT2D eigenvalue weighted by Gasteiger charge is 2.29. The first kappa shape index (κ1) is 14.4. The van der Waals surface area contributed by atoms with Gasteiger partial charge >= 0.3 is 0 Å². The van der Waals surface area contributed by atoms with Crippen molar-refractivity contribution in [2.75, 3.05) is 5.88 Å². The number of aromatic nitrogens is 2. The zero-order valence-corrected chi connectivity index (χ0v) is 12.0. The first-order chi connectivity index (χ1) is 8.12. The average Bonchev–Trinajstić information content (AvgIpc) is 2.84. The molecule has 0 saturated carbocycles. The van der Waals surface area contributed by atoms with Crippen LogP contribution in [0.2, 0.25) is 0 Å². The van der Waals surface area contributed by atoms with Crippen molar-refractivity contribution in [1.29, 1.82) is 0 Å². The molecule has 1 N–H and O–H groups in total. The van der Waals surface area contributed by atoms with E-state index in [4.69, 9.17) is 11.6 Å². The zero-order chi connectivity index (χ0) is 12.9. The van der Waals surface area contributed by atoms with Gasteiger partial charge in [0.25, 0.3) is 5.91 Å². The molecular weight excluding hydrogens is 258 g/mol. The fourth-order valence-electron chi connectivity index (χ4n) is 1.56. The summed E-state index contributed by atoms with van der Waals surface area (Å²) in [6.07, 6.45) is 2.34. The smallest absolute Gasteiger partial charge is 0.265 e. The largest absolute Gasteiger partial charge is 0.345 e. The standard InChI is InChI=1S/C11H18ClN3OS/c1-4-8-9(17-15-14-8)10(16)13-11(5-2,6-3)7-12/h4-7H2,1-3H3,(H,13,16). The number of rotatable bonds is 6. The molecule has 0 aliphatic heterocycles. The minimum atomic E-state index is -0.326. The first-order valence-corrected chi connectivity index (χ1v) is 7.13. The van der Waals surface area contributed by atoms with Crippen molar-refractivity contribution in [1.82, 2.24) is 14.9 Å². The van der Waals surface area contributed by atoms with Crippen molar-refractivity contribution in [2.24, 2.45) is 0 Å². The van der Waals surface area contributed by atoms with Crippen molar-refractivity contribution in [3.8, 4) is 0 Å². The van der Waals surface area contributed by atoms with Gasteiger partial charge in [0.1, 0.15) is 4.88 Å². The Balaban J connectivity index is 2.84. The lowest BCUT2D eigenvalue weighted by Crippen LogP contribution is -2.49. The van der Waals surface area contributed by atoms with E-state index in [1.807, 2.05) is 20.8 Å². The summed E-state index contributed by atoms with van der Waals surface area (Å²) in [5.74, 6) is 0.306. The fraction of sp³-hybridized carbons (Fsp3) is 0.727. The molecule has 6 heteroatoms. The molecule has 1 aromatic rings. The highest BCUT2D eigenvalue weighted by Crippen LogP contribution is 2.19. The van der Waals surface area contributed by atoms with Crippen LogP contribution in [-0.4, -0.2) is 26.9 Å². The lowest BCUT2D eigenvalue weighted by molar-refractivity contribution is 0.0905. The summed E-state index contributed by atoms with van der Waals surface area (Å²) in [6.45, 7) is 6.01. The van der Waals surface area contributed by atoms with E-state index in [1.165, 1.54) is 0 Å². The number of nitrogens with zero attached hydrogens (tertiary/aromatic N) is 2. The van der Waals surface area contributed by atoms with Gasteiger partial charge in [-0.25, -0.2) is 0 Å². The van der Waals surface area contributed by atoms with E-state index in [-0.39, 0.29) is 11.4 Å². The van der Waals surface area contributed by atoms with Crippen LogP contribution in [0.15, 0.2) is 0 Å². The van der Waals surface area contributed by atoms with Gasteiger partial charge in [-0.15, -0.1) is 16.7 Å². The number of alkyl halides is 1. The quantitative estimate of drug-likeness (QED) is 0.812. The molecular formula is C11H18ClN3OS. The third-order valence-corrected chi connectivity index (χ3v) is 4.36. The van der Waals surface area contributed by atoms with Gasteiger partial charge in [0, 0.05) is 5.88 Å². The molecule has 0 fully saturated rings. The molecule has 4 nitrogen and oxygen atoms in total. The van der Waals surface area contributed by atoms with Gasteiger partial charge in [0.05, 0.1) is 11.2 Å². The second kappa shape index (κ2) is 6.31. The molecule has 0 bridgehead atoms. The van der Waals surface area contributed by atoms with Crippen LogP contribution < -0.4 is 5.32 Å². The van der Waals surface area contributed by atoms with Crippen LogP contribution in [0.25, 0.3) is 0 Å². The van der Waals surface area contributed by atoms with Crippen molar-refractivity contribution < 1.29 is 4.79 Å². The molecule has 1 amide bonds. The highest BCUT2D eigenvalue weighted by molar-refractivity contribution is 7.08. The van der Waals surface area contributed by atoms with Gasteiger partial charge in [0.2, 0.25) is 0 Å². The fourth-order valence-corrected chi connectivity index (χ4v) is 2.65. The van der Waals surface area contributed by atoms with Gasteiger partial charge < -0.3 is 5.32 Å². The Morgan fingerprint density at radius 2 is 2.06 bits per heavy atom. The second-order valence-electron chi connectivity index (χ2n) is 3.98. The summed E-state index contributed by atoms with van der Waals surface area (Å²) in [4.78, 5) is 12.7. The predicted octanol–water partition coefficient (Wildman–Crippen LogP) is 2.63. The van der Waals surface area contributed by atoms with Gasteiger partial charge in [-0.2, -0.15) is 0 Å². The molecule has 0 aromatic carbocycles. The van der Waals surface area contributed by atoms with E-state index in [0.717, 1.165) is 30.1 Å². The van der Waals surface area contributed by atoms with Crippen molar-refractivity contribution >= 4 is 29.0 Å². The molecule has 1 rings (SSSR count). The normalized spacial score (nSPS) is 11.5. The molecule has 0 saturated heterocycles. The Bertz CT molecular complexity index is 368. The molecule has 96 valence electrons. The summed E-state index contributed by atoms with van der Waals surface area (Å²) in [5.41, 5.74) is 0.427. The van der Waals surface area contributed by atoms with Crippen LogP contribution >= 0.6 is 23.1 Å². The lowest BCUT2D eigenvalue weighted by atomic mass is 9.95. The van der Waals surface area contributed by atoms with Crippen LogP contribution in [0, 0.1) is 0 Å². The number of halogens is 1. The van der Waals surface area contributed by atoms with Crippen LogP contribution in [-0.2, 0) is 6.42 Å². The molecule has 0 unspecified atom stereocenters. The number of nitrogens with one attached hydrogen (secondary N) is 1. The number of carbonyl (C=O) groups is 1. The third kappa shape index (κ3) is 3.16. The number of hydrogen-bond acceptors (Lipinski definition) is 4. The Hall–Kier alpha value is -0.680. The Morgan fingerprint density at radius 1 is 1.41 bits per heavy atom. The first-order valence-electron chi connectivity index (χ1n) is 5.82. The number of carbonyl (C=O) groups excluding carboxylic acids is 1. The monoisotopic (exact) mass is 275 g/mol. The predicted molar refractivity (Wildman–Crippen MR) is 70.8 cm³/mol. The van der Waals surface area contributed by atoms with Gasteiger partial charge in [0.15, 0.2) is 0 Å². The highest BCUT2D eigenvalue weighted by atomic mass is 35.5. The van der Waals surface area contributed by atoms with E-state index < -0.39 is 0 Å². The van der Waals surface area contributed by atoms with Gasteiger partial charge in [-0.1, -0.05) is 25.3 Å². The number of aryl methyl sites for hydroxylation is 1. The van der Waals surface area contributed by atoms with E-state index in [0.29, 0.717) is 17.2 Å². The molecule has 17 heavy (non-hydrogen) atoms. The molecule has 1 heterocycles. The zero-order valence-electron chi connectivity index (χ0n) is 10.4. The van der Waals surface area contributed by atoms with Crippen molar-refractivity contribution in [2.45, 2.75) is 45.6 Å². The SMILES string of the molecule is CCc1nnsc1C(=O)NC(CC)(CC)CCl. The summed E-state index contributed by atoms with van der Waals surface area (Å²) in [7, 11) is 0. The maximum atomic E-state index is 12.1. The van der Waals surface area contributed by atoms with Crippen molar-refractivity contribution in [3.05, 3.63) is 10.6 Å². The Labute approximate surface area is 111 Å². The topological polar surface area (TPSA) is 54.9 Å². The lowest BCUT2D eigenvalue weighted by Gasteiger charge is -2.30. The van der Waals surface area contributed by atoms with Crippen molar-refractivity contribution in [3.63, 3.8) is 0 Å². The van der Waals surface area contributed by atoms with Gasteiger partial charge in [-0.3, -0.25) is 4.79 Å². The maximum Gasteiger partial charge on any atom is 0.265 e. The second-order valence-corrected chi connectivity index (χ2v) is 5.00. The minimum absolute atomic E-state index is 0.110. The van der Waals surface area contributed by atoms with E-state index in [9.17, 15) is 4.79 Å². The Morgan fingerprint density at radius 3 is 2.53 bits per heavy atom. The molecule has 0 spiro atoms. The average molecular weight is 276 g/mol. The molecule has 0 radical (unpaired) electrons. The van der Waals surface area contributed by atoms with E-state index in [1.54, 1.807) is 0 Å². The minimum Gasteiger partial charge on any atom is -0.345 e. The molecule has 1 aromatic heterocycles. The number of amides is 1. The van der Waals surface area contributed by atoms with E-state index >= 15 is 0 Å². The van der Waals surface area contributed by atoms with E-state index in [2.05, 4.69) is 14.9 Å². The third-order valence-electron chi connectivity index (χ3n) is 3.08. The molecule has 0 atom stereocenters. The van der Waals surface area contributed by atoms with Crippen LogP contribution in [0.5, 0.6) is 0 Å². The summed E-state index contributed by atoms with van der Waals surface area (Å²) >= 11 is 7.10. The van der Waals surface area contributed by atoms with Gasteiger partial charge in [-0.05, 0) is 30.8 Å². The van der Waals surface area contributed by atoms with Crippen LogP contribution in [0.3, 0.4) is 0 Å². The maximum absolute atomic E-state index is 12.1. The number of hydrogen-bond donors (Lipinski definition) is 1. The van der Waals surface area contributed by atoms with Crippen LogP contribution in [0.4, 0.5) is 0 Å². The molecule has 0 aliphatic rings. The molecule has 0 aliphatic carbocycles. The summed E-state index contributed by atoms with van der Waals surface area (Å²) in [6, 6.07) is 0. The Kier molecular flexibility index (Phi) is 5.33. The summed E-state index contributed by atoms with van der Waals surface area (Å²) in [5, 5.41) is 6.95. The van der Waals surface area contributed by atoms with Crippen LogP contribution in [0.1, 0.15) is 49.0 Å². The summed E-state index contributed by atoms with van der Waals surface area (Å²) < 4.78 is 3.82.